The molecule has 0 saturated carbocycles. The summed E-state index contributed by atoms with van der Waals surface area (Å²) < 4.78 is 75.3. The van der Waals surface area contributed by atoms with Gasteiger partial charge in [0.05, 0.1) is 45.7 Å². The third-order valence-corrected chi connectivity index (χ3v) is 15.3. The maximum atomic E-state index is 13.0. The molecule has 0 aromatic carbocycles. The molecule has 0 aliphatic carbocycles. The smallest absolute Gasteiger partial charge is 0.217 e. The first-order valence-corrected chi connectivity index (χ1v) is 26.5. The highest BCUT2D eigenvalue weighted by molar-refractivity contribution is 5.73. The minimum atomic E-state index is -2.34. The Bertz CT molecular complexity index is 2040. The van der Waals surface area contributed by atoms with Crippen molar-refractivity contribution in [1.29, 1.82) is 0 Å². The Hall–Kier alpha value is -2.38. The number of rotatable bonds is 20. The minimum Gasteiger partial charge on any atom is -0.394 e. The van der Waals surface area contributed by atoms with Crippen molar-refractivity contribution >= 4 is 11.8 Å². The van der Waals surface area contributed by atoms with Crippen molar-refractivity contribution in [2.75, 3.05) is 39.6 Å². The van der Waals surface area contributed by atoms with Crippen LogP contribution in [0.5, 0.6) is 0 Å². The fourth-order valence-corrected chi connectivity index (χ4v) is 10.6. The molecule has 7 heterocycles. The van der Waals surface area contributed by atoms with Gasteiger partial charge in [-0.15, -0.1) is 0 Å². The van der Waals surface area contributed by atoms with Crippen LogP contribution in [0.2, 0.25) is 0 Å². The molecule has 0 spiro atoms. The molecule has 0 aromatic heterocycles. The monoisotopic (exact) mass is 1220 g/mol. The van der Waals surface area contributed by atoms with Gasteiger partial charge >= 0.3 is 0 Å². The van der Waals surface area contributed by atoms with E-state index < -0.39 is 266 Å². The summed E-state index contributed by atoms with van der Waals surface area (Å²) in [5.41, 5.74) is 0. The predicted molar refractivity (Wildman–Crippen MR) is 254 cm³/mol. The van der Waals surface area contributed by atoms with Gasteiger partial charge in [-0.3, -0.25) is 9.59 Å². The average Bonchev–Trinajstić information content (AvgIpc) is 2.50. The lowest BCUT2D eigenvalue weighted by Crippen LogP contribution is -2.70. The van der Waals surface area contributed by atoms with E-state index in [9.17, 15) is 112 Å². The van der Waals surface area contributed by atoms with Crippen molar-refractivity contribution in [1.82, 2.24) is 10.6 Å². The summed E-state index contributed by atoms with van der Waals surface area (Å²) in [6.45, 7) is -2.69. The molecule has 1 unspecified atom stereocenters. The van der Waals surface area contributed by atoms with Crippen LogP contribution in [0.3, 0.4) is 0 Å². The van der Waals surface area contributed by atoms with Gasteiger partial charge in [0.1, 0.15) is 165 Å². The number of hydrogen-bond donors (Lipinski definition) is 22. The van der Waals surface area contributed by atoms with Crippen LogP contribution < -0.4 is 10.6 Å². The Morgan fingerprint density at radius 2 is 0.735 bits per heavy atom. The van der Waals surface area contributed by atoms with Crippen molar-refractivity contribution < 1.29 is 173 Å². The number of aliphatic hydroxyl groups is 20. The second kappa shape index (κ2) is 29.3. The molecule has 7 rings (SSSR count). The molecule has 37 heteroatoms. The maximum absolute atomic E-state index is 13.0. The Kier molecular flexibility index (Phi) is 24.0. The Balaban J connectivity index is 1.19. The van der Waals surface area contributed by atoms with Crippen LogP contribution in [0.25, 0.3) is 0 Å². The lowest BCUT2D eigenvalue weighted by Gasteiger charge is -2.51. The van der Waals surface area contributed by atoms with E-state index in [4.69, 9.17) is 61.6 Å². The molecular weight excluding hydrogens is 1140 g/mol. The van der Waals surface area contributed by atoms with E-state index in [-0.39, 0.29) is 0 Å². The summed E-state index contributed by atoms with van der Waals surface area (Å²) in [4.78, 5) is 25.6. The molecule has 37 nitrogen and oxygen atoms in total. The van der Waals surface area contributed by atoms with Crippen molar-refractivity contribution in [3.63, 3.8) is 0 Å². The van der Waals surface area contributed by atoms with Gasteiger partial charge in [0.2, 0.25) is 11.8 Å². The first kappa shape index (κ1) is 68.1. The van der Waals surface area contributed by atoms with Gasteiger partial charge in [0.15, 0.2) is 44.0 Å². The Morgan fingerprint density at radius 3 is 1.31 bits per heavy atom. The van der Waals surface area contributed by atoms with Crippen molar-refractivity contribution in [3.05, 3.63) is 0 Å². The molecule has 7 saturated heterocycles. The number of amides is 2. The van der Waals surface area contributed by atoms with E-state index >= 15 is 0 Å². The zero-order valence-electron chi connectivity index (χ0n) is 44.5. The molecule has 7 aliphatic rings. The summed E-state index contributed by atoms with van der Waals surface area (Å²) in [6, 6.07) is -3.61. The van der Waals surface area contributed by atoms with E-state index in [0.29, 0.717) is 0 Å². The normalized spacial score (nSPS) is 50.8. The number of hydrogen-bond acceptors (Lipinski definition) is 35. The highest BCUT2D eigenvalue weighted by Gasteiger charge is 2.59. The van der Waals surface area contributed by atoms with E-state index in [1.165, 1.54) is 6.92 Å². The molecule has 22 N–H and O–H groups in total. The maximum Gasteiger partial charge on any atom is 0.217 e. The van der Waals surface area contributed by atoms with Crippen LogP contribution in [0.15, 0.2) is 0 Å². The number of aliphatic hydroxyl groups excluding tert-OH is 20. The molecule has 35 atom stereocenters. The van der Waals surface area contributed by atoms with Crippen LogP contribution in [-0.4, -0.2) is 368 Å². The fraction of sp³-hybridized carbons (Fsp3) is 0.957. The zero-order chi connectivity index (χ0) is 61.2. The van der Waals surface area contributed by atoms with Gasteiger partial charge in [0.25, 0.3) is 0 Å². The van der Waals surface area contributed by atoms with E-state index in [2.05, 4.69) is 10.6 Å². The third-order valence-electron chi connectivity index (χ3n) is 15.3. The molecule has 7 fully saturated rings. The van der Waals surface area contributed by atoms with E-state index in [1.54, 1.807) is 0 Å². The first-order valence-electron chi connectivity index (χ1n) is 26.5. The van der Waals surface area contributed by atoms with Crippen LogP contribution >= 0.6 is 0 Å². The van der Waals surface area contributed by atoms with Gasteiger partial charge < -0.3 is 174 Å². The lowest BCUT2D eigenvalue weighted by atomic mass is 9.94. The largest absolute Gasteiger partial charge is 0.394 e. The Labute approximate surface area is 470 Å². The number of carbonyl (C=O) groups is 2. The topological polar surface area (TPSA) is 583 Å². The standard InChI is InChI=1S/C46H78N2O35/c1-10-21(56)27(62)32(67)43(72-10)83-39-29(64)23(58)14(5-50)76-46(39)81-37-20(48-12(3)55)42(74-15(6-51)24(37)59)82-38-25(60)18(78-45(34(38)69)80-36-16(7-52)73-40(70)31(66)30(36)65)9-71-41-19(47-11(2)54)26(61)35(17(8-53)77-41)79-44-33(68)28(63)22(57)13(4-49)75-44/h10,13-46,49-53,56-70H,4-9H2,1-3H3,(H,47,54)(H,48,55)/t10-,13-,14-,15-,16-,17-,18-,19-,20-,21+,22+,23+,24-,25+,26-,27+,28+,29+,30-,31-,32-,33-,34-,35-,36-,37-,38+,39-,40?,41-,42+,43-,44+,45+,46+/m1/s1. The van der Waals surface area contributed by atoms with Crippen molar-refractivity contribution in [3.8, 4) is 0 Å². The summed E-state index contributed by atoms with van der Waals surface area (Å²) in [5, 5.41) is 220. The summed E-state index contributed by atoms with van der Waals surface area (Å²) in [5.74, 6) is -1.76. The number of ether oxygens (including phenoxy) is 13. The number of carbonyl (C=O) groups excluding carboxylic acids is 2. The second-order valence-electron chi connectivity index (χ2n) is 21.1. The minimum absolute atomic E-state index is 0.833. The third kappa shape index (κ3) is 14.7. The molecule has 0 radical (unpaired) electrons. The fourth-order valence-electron chi connectivity index (χ4n) is 10.6. The van der Waals surface area contributed by atoms with E-state index in [1.807, 2.05) is 0 Å². The van der Waals surface area contributed by atoms with Crippen LogP contribution in [0, 0.1) is 0 Å². The summed E-state index contributed by atoms with van der Waals surface area (Å²) >= 11 is 0. The molecule has 2 amide bonds. The lowest BCUT2D eigenvalue weighted by molar-refractivity contribution is -0.391. The van der Waals surface area contributed by atoms with Crippen molar-refractivity contribution in [2.45, 2.75) is 236 Å². The number of nitrogens with one attached hydrogen (secondary N) is 2. The summed E-state index contributed by atoms with van der Waals surface area (Å²) in [7, 11) is 0. The molecule has 83 heavy (non-hydrogen) atoms. The highest BCUT2D eigenvalue weighted by Crippen LogP contribution is 2.38. The molecule has 0 aromatic rings. The summed E-state index contributed by atoms with van der Waals surface area (Å²) in [6.07, 6.45) is -63.7. The van der Waals surface area contributed by atoms with Crippen molar-refractivity contribution in [2.24, 2.45) is 0 Å². The second-order valence-corrected chi connectivity index (χ2v) is 21.1. The van der Waals surface area contributed by atoms with Gasteiger partial charge in [-0.05, 0) is 6.92 Å². The molecule has 482 valence electrons. The van der Waals surface area contributed by atoms with Gasteiger partial charge in [-0.1, -0.05) is 0 Å². The molecular formula is C46H78N2O35. The SMILES string of the molecule is CC(=O)N[C@H]1[C@H](OC[C@H]2O[C@@H](O[C@H]3[C@H](O)[C@@H](O)C(O)O[C@@H]3CO)[C@H](O)[C@@H](O[C@@H]3O[C@H](CO)[C@@H](O)[C@H](O[C@@H]4O[C@H](CO)[C@H](O)[C@H](O)[C@H]4O[C@H]4O[C@H](C)[C@H](O)[C@H](O)[C@H]4O)[C@H]3NC(C)=O)[C@H]2O)O[C@H](CO)[C@@H](O[C@@H]2O[C@H](CO)[C@H](O)[C@H](O)[C@H]2O)[C@@H]1O. The van der Waals surface area contributed by atoms with Gasteiger partial charge in [-0.2, -0.15) is 0 Å². The van der Waals surface area contributed by atoms with Gasteiger partial charge in [0, 0.05) is 13.8 Å². The van der Waals surface area contributed by atoms with Crippen LogP contribution in [0.4, 0.5) is 0 Å². The zero-order valence-corrected chi connectivity index (χ0v) is 44.5. The molecule has 7 aliphatic heterocycles. The highest BCUT2D eigenvalue weighted by atomic mass is 16.8. The first-order chi connectivity index (χ1) is 39.2. The van der Waals surface area contributed by atoms with E-state index in [0.717, 1.165) is 13.8 Å². The predicted octanol–water partition coefficient (Wildman–Crippen LogP) is -15.0. The quantitative estimate of drug-likeness (QED) is 0.0538. The van der Waals surface area contributed by atoms with Gasteiger partial charge in [-0.25, -0.2) is 0 Å². The average molecular weight is 1220 g/mol. The van der Waals surface area contributed by atoms with Crippen LogP contribution in [0.1, 0.15) is 20.8 Å². The van der Waals surface area contributed by atoms with Crippen LogP contribution in [-0.2, 0) is 71.2 Å². The Morgan fingerprint density at radius 1 is 0.337 bits per heavy atom. The molecule has 0 bridgehead atoms.